The third-order valence-corrected chi connectivity index (χ3v) is 4.50. The first kappa shape index (κ1) is 14.4. The molecule has 0 amide bonds. The van der Waals surface area contributed by atoms with Crippen LogP contribution < -0.4 is 10.1 Å². The van der Waals surface area contributed by atoms with Gasteiger partial charge in [0.2, 0.25) is 0 Å². The summed E-state index contributed by atoms with van der Waals surface area (Å²) in [6.45, 7) is 5.13. The number of thiophene rings is 1. The van der Waals surface area contributed by atoms with Crippen molar-refractivity contribution in [3.05, 3.63) is 50.7 Å². The Labute approximate surface area is 123 Å². The second kappa shape index (κ2) is 6.42. The van der Waals surface area contributed by atoms with E-state index in [1.807, 2.05) is 18.2 Å². The van der Waals surface area contributed by atoms with Crippen molar-refractivity contribution in [3.63, 3.8) is 0 Å². The minimum absolute atomic E-state index is 0.142. The van der Waals surface area contributed by atoms with Gasteiger partial charge in [0, 0.05) is 9.90 Å². The lowest BCUT2D eigenvalue weighted by Gasteiger charge is -2.20. The van der Waals surface area contributed by atoms with E-state index in [2.05, 4.69) is 30.6 Å². The molecule has 1 aromatic carbocycles. The normalized spacial score (nSPS) is 12.4. The summed E-state index contributed by atoms with van der Waals surface area (Å²) in [6.07, 6.45) is 0. The number of rotatable bonds is 5. The van der Waals surface area contributed by atoms with E-state index in [4.69, 9.17) is 16.3 Å². The smallest absolute Gasteiger partial charge is 0.120 e. The SMILES string of the molecule is CCNC(c1ccc(OC)cc1Cl)c1sccc1C. The van der Waals surface area contributed by atoms with E-state index in [0.717, 1.165) is 22.9 Å². The molecule has 1 atom stereocenters. The molecule has 1 heterocycles. The van der Waals surface area contributed by atoms with Gasteiger partial charge in [-0.15, -0.1) is 11.3 Å². The fourth-order valence-electron chi connectivity index (χ4n) is 2.10. The molecule has 0 saturated carbocycles. The first-order valence-corrected chi connectivity index (χ1v) is 7.54. The number of halogens is 1. The van der Waals surface area contributed by atoms with Gasteiger partial charge in [-0.05, 0) is 48.2 Å². The molecule has 0 aliphatic heterocycles. The lowest BCUT2D eigenvalue weighted by Crippen LogP contribution is -2.22. The van der Waals surface area contributed by atoms with Gasteiger partial charge in [-0.25, -0.2) is 0 Å². The van der Waals surface area contributed by atoms with Gasteiger partial charge in [-0.1, -0.05) is 24.6 Å². The molecule has 1 unspecified atom stereocenters. The van der Waals surface area contributed by atoms with Gasteiger partial charge in [0.1, 0.15) is 5.75 Å². The van der Waals surface area contributed by atoms with Crippen molar-refractivity contribution in [2.45, 2.75) is 19.9 Å². The summed E-state index contributed by atoms with van der Waals surface area (Å²) < 4.78 is 5.20. The van der Waals surface area contributed by atoms with Gasteiger partial charge >= 0.3 is 0 Å². The molecular weight excluding hydrogens is 278 g/mol. The van der Waals surface area contributed by atoms with Crippen LogP contribution in [0.15, 0.2) is 29.6 Å². The van der Waals surface area contributed by atoms with E-state index in [1.54, 1.807) is 18.4 Å². The van der Waals surface area contributed by atoms with Crippen LogP contribution in [-0.2, 0) is 0 Å². The highest BCUT2D eigenvalue weighted by Gasteiger charge is 2.19. The Morgan fingerprint density at radius 3 is 2.68 bits per heavy atom. The van der Waals surface area contributed by atoms with Crippen LogP contribution in [0.3, 0.4) is 0 Å². The van der Waals surface area contributed by atoms with Gasteiger partial charge in [0.25, 0.3) is 0 Å². The van der Waals surface area contributed by atoms with Gasteiger partial charge in [0.05, 0.1) is 13.2 Å². The molecule has 2 nitrogen and oxygen atoms in total. The van der Waals surface area contributed by atoms with E-state index in [9.17, 15) is 0 Å². The predicted octanol–water partition coefficient (Wildman–Crippen LogP) is 4.42. The van der Waals surface area contributed by atoms with Crippen LogP contribution in [0.4, 0.5) is 0 Å². The molecule has 2 rings (SSSR count). The largest absolute Gasteiger partial charge is 0.497 e. The molecule has 102 valence electrons. The molecule has 1 N–H and O–H groups in total. The van der Waals surface area contributed by atoms with Crippen molar-refractivity contribution in [1.29, 1.82) is 0 Å². The van der Waals surface area contributed by atoms with Gasteiger partial charge in [-0.3, -0.25) is 0 Å². The Kier molecular flexibility index (Phi) is 4.86. The average molecular weight is 296 g/mol. The Morgan fingerprint density at radius 1 is 1.37 bits per heavy atom. The highest BCUT2D eigenvalue weighted by atomic mass is 35.5. The van der Waals surface area contributed by atoms with Crippen LogP contribution in [0.5, 0.6) is 5.75 Å². The Morgan fingerprint density at radius 2 is 2.16 bits per heavy atom. The van der Waals surface area contributed by atoms with Crippen LogP contribution >= 0.6 is 22.9 Å². The number of hydrogen-bond donors (Lipinski definition) is 1. The van der Waals surface area contributed by atoms with E-state index in [-0.39, 0.29) is 6.04 Å². The molecule has 4 heteroatoms. The number of ether oxygens (including phenoxy) is 1. The third-order valence-electron chi connectivity index (χ3n) is 3.09. The highest BCUT2D eigenvalue weighted by Crippen LogP contribution is 2.34. The zero-order valence-corrected chi connectivity index (χ0v) is 12.9. The minimum atomic E-state index is 0.142. The van der Waals surface area contributed by atoms with E-state index in [1.165, 1.54) is 10.4 Å². The summed E-state index contributed by atoms with van der Waals surface area (Å²) in [5, 5.41) is 6.36. The molecule has 0 fully saturated rings. The molecule has 0 aliphatic carbocycles. The van der Waals surface area contributed by atoms with Crippen LogP contribution in [0.25, 0.3) is 0 Å². The first-order chi connectivity index (χ1) is 9.17. The molecule has 19 heavy (non-hydrogen) atoms. The van der Waals surface area contributed by atoms with Crippen molar-refractivity contribution in [3.8, 4) is 5.75 Å². The van der Waals surface area contributed by atoms with Gasteiger partial charge in [-0.2, -0.15) is 0 Å². The second-order valence-corrected chi connectivity index (χ2v) is 5.70. The average Bonchev–Trinajstić information content (AvgIpc) is 2.82. The lowest BCUT2D eigenvalue weighted by atomic mass is 10.0. The van der Waals surface area contributed by atoms with E-state index < -0.39 is 0 Å². The predicted molar refractivity (Wildman–Crippen MR) is 82.6 cm³/mol. The van der Waals surface area contributed by atoms with E-state index in [0.29, 0.717) is 0 Å². The van der Waals surface area contributed by atoms with Crippen molar-refractivity contribution in [2.24, 2.45) is 0 Å². The zero-order valence-electron chi connectivity index (χ0n) is 11.4. The summed E-state index contributed by atoms with van der Waals surface area (Å²) >= 11 is 8.15. The van der Waals surface area contributed by atoms with Gasteiger partial charge < -0.3 is 10.1 Å². The topological polar surface area (TPSA) is 21.3 Å². The van der Waals surface area contributed by atoms with Gasteiger partial charge in [0.15, 0.2) is 0 Å². The number of aryl methyl sites for hydroxylation is 1. The fraction of sp³-hybridized carbons (Fsp3) is 0.333. The third kappa shape index (κ3) is 3.11. The lowest BCUT2D eigenvalue weighted by molar-refractivity contribution is 0.414. The van der Waals surface area contributed by atoms with Crippen LogP contribution in [0.1, 0.15) is 29.0 Å². The maximum atomic E-state index is 6.39. The molecule has 2 aromatic rings. The molecule has 0 aliphatic rings. The number of hydrogen-bond acceptors (Lipinski definition) is 3. The number of nitrogens with one attached hydrogen (secondary N) is 1. The number of methoxy groups -OCH3 is 1. The highest BCUT2D eigenvalue weighted by molar-refractivity contribution is 7.10. The summed E-state index contributed by atoms with van der Waals surface area (Å²) in [4.78, 5) is 1.31. The Balaban J connectivity index is 2.42. The fourth-order valence-corrected chi connectivity index (χ4v) is 3.40. The molecule has 1 aromatic heterocycles. The molecule has 0 spiro atoms. The van der Waals surface area contributed by atoms with Crippen LogP contribution in [0, 0.1) is 6.92 Å². The summed E-state index contributed by atoms with van der Waals surface area (Å²) in [5.74, 6) is 0.784. The minimum Gasteiger partial charge on any atom is -0.497 e. The monoisotopic (exact) mass is 295 g/mol. The maximum Gasteiger partial charge on any atom is 0.120 e. The van der Waals surface area contributed by atoms with E-state index >= 15 is 0 Å². The quantitative estimate of drug-likeness (QED) is 0.882. The number of benzene rings is 1. The second-order valence-electron chi connectivity index (χ2n) is 4.35. The first-order valence-electron chi connectivity index (χ1n) is 6.28. The van der Waals surface area contributed by atoms with Crippen molar-refractivity contribution < 1.29 is 4.74 Å². The van der Waals surface area contributed by atoms with Crippen molar-refractivity contribution in [1.82, 2.24) is 5.32 Å². The van der Waals surface area contributed by atoms with Crippen molar-refractivity contribution in [2.75, 3.05) is 13.7 Å². The zero-order chi connectivity index (χ0) is 13.8. The maximum absolute atomic E-state index is 6.39. The summed E-state index contributed by atoms with van der Waals surface area (Å²) in [6, 6.07) is 8.14. The molecular formula is C15H18ClNOS. The summed E-state index contributed by atoms with van der Waals surface area (Å²) in [7, 11) is 1.65. The molecule has 0 radical (unpaired) electrons. The molecule has 0 saturated heterocycles. The Bertz CT molecular complexity index is 553. The Hall–Kier alpha value is -1.03. The molecule has 0 bridgehead atoms. The standard InChI is InChI=1S/C15H18ClNOS/c1-4-17-14(15-10(2)7-8-19-15)12-6-5-11(18-3)9-13(12)16/h5-9,14,17H,4H2,1-3H3. The van der Waals surface area contributed by atoms with Crippen LogP contribution in [0.2, 0.25) is 5.02 Å². The van der Waals surface area contributed by atoms with Crippen molar-refractivity contribution >= 4 is 22.9 Å². The summed E-state index contributed by atoms with van der Waals surface area (Å²) in [5.41, 5.74) is 2.39. The van der Waals surface area contributed by atoms with Crippen LogP contribution in [-0.4, -0.2) is 13.7 Å².